The summed E-state index contributed by atoms with van der Waals surface area (Å²) in [5, 5.41) is 19.6. The number of ether oxygens (including phenoxy) is 3. The van der Waals surface area contributed by atoms with Gasteiger partial charge in [0.15, 0.2) is 23.0 Å². The minimum absolute atomic E-state index is 0.0222. The summed E-state index contributed by atoms with van der Waals surface area (Å²) in [6.45, 7) is 2.32. The van der Waals surface area contributed by atoms with E-state index in [9.17, 15) is 10.2 Å². The van der Waals surface area contributed by atoms with E-state index in [-0.39, 0.29) is 11.5 Å². The lowest BCUT2D eigenvalue weighted by atomic mass is 10.1. The lowest BCUT2D eigenvalue weighted by Gasteiger charge is -2.12. The Labute approximate surface area is 129 Å². The predicted molar refractivity (Wildman–Crippen MR) is 83.3 cm³/mol. The topological polar surface area (TPSA) is 68.2 Å². The molecule has 0 spiro atoms. The minimum Gasteiger partial charge on any atom is -0.504 e. The number of phenolic OH excluding ortho intramolecular Hbond substituents is 2. The van der Waals surface area contributed by atoms with E-state index in [0.29, 0.717) is 30.3 Å². The monoisotopic (exact) mass is 304 g/mol. The summed E-state index contributed by atoms with van der Waals surface area (Å²) in [7, 11) is 2.97. The first-order valence-electron chi connectivity index (χ1n) is 6.91. The SMILES string of the molecule is COc1cc(CCOc2cc(C)ccc2O)cc(OC)c1O. The molecule has 118 valence electrons. The Kier molecular flexibility index (Phi) is 4.99. The van der Waals surface area contributed by atoms with Crippen LogP contribution < -0.4 is 14.2 Å². The van der Waals surface area contributed by atoms with Gasteiger partial charge in [-0.2, -0.15) is 0 Å². The number of methoxy groups -OCH3 is 2. The normalized spacial score (nSPS) is 10.3. The van der Waals surface area contributed by atoms with Gasteiger partial charge in [-0.15, -0.1) is 0 Å². The van der Waals surface area contributed by atoms with Crippen LogP contribution in [-0.4, -0.2) is 31.0 Å². The molecule has 0 bridgehead atoms. The molecule has 0 aliphatic heterocycles. The maximum atomic E-state index is 9.87. The standard InChI is InChI=1S/C17H20O5/c1-11-4-5-13(18)14(8-11)22-7-6-12-9-15(20-2)17(19)16(10-12)21-3/h4-5,8-10,18-19H,6-7H2,1-3H3. The smallest absolute Gasteiger partial charge is 0.200 e. The average molecular weight is 304 g/mol. The van der Waals surface area contributed by atoms with E-state index in [0.717, 1.165) is 11.1 Å². The fourth-order valence-electron chi connectivity index (χ4n) is 2.11. The van der Waals surface area contributed by atoms with E-state index in [1.165, 1.54) is 14.2 Å². The van der Waals surface area contributed by atoms with Crippen LogP contribution in [0.4, 0.5) is 0 Å². The third-order valence-corrected chi connectivity index (χ3v) is 3.30. The quantitative estimate of drug-likeness (QED) is 0.858. The molecule has 2 aromatic carbocycles. The van der Waals surface area contributed by atoms with Crippen molar-refractivity contribution in [1.29, 1.82) is 0 Å². The van der Waals surface area contributed by atoms with Gasteiger partial charge in [0.25, 0.3) is 0 Å². The first-order valence-corrected chi connectivity index (χ1v) is 6.91. The van der Waals surface area contributed by atoms with E-state index in [4.69, 9.17) is 14.2 Å². The first kappa shape index (κ1) is 15.8. The molecule has 2 aromatic rings. The van der Waals surface area contributed by atoms with Crippen LogP contribution >= 0.6 is 0 Å². The molecule has 2 N–H and O–H groups in total. The maximum Gasteiger partial charge on any atom is 0.200 e. The molecule has 0 aromatic heterocycles. The second kappa shape index (κ2) is 6.93. The molecule has 0 saturated carbocycles. The Bertz CT molecular complexity index is 626. The van der Waals surface area contributed by atoms with Gasteiger partial charge in [0, 0.05) is 6.42 Å². The van der Waals surface area contributed by atoms with Crippen LogP contribution in [0, 0.1) is 6.92 Å². The number of phenols is 2. The molecule has 0 aliphatic rings. The van der Waals surface area contributed by atoms with Crippen molar-refractivity contribution in [2.24, 2.45) is 0 Å². The summed E-state index contributed by atoms with van der Waals surface area (Å²) in [6.07, 6.45) is 0.584. The second-order valence-corrected chi connectivity index (χ2v) is 4.92. The third-order valence-electron chi connectivity index (χ3n) is 3.30. The summed E-state index contributed by atoms with van der Waals surface area (Å²) in [4.78, 5) is 0. The summed E-state index contributed by atoms with van der Waals surface area (Å²) in [5.74, 6) is 1.26. The zero-order chi connectivity index (χ0) is 16.1. The van der Waals surface area contributed by atoms with Gasteiger partial charge < -0.3 is 24.4 Å². The van der Waals surface area contributed by atoms with Gasteiger partial charge in [-0.1, -0.05) is 6.07 Å². The van der Waals surface area contributed by atoms with Crippen molar-refractivity contribution < 1.29 is 24.4 Å². The Morgan fingerprint density at radius 1 is 0.909 bits per heavy atom. The zero-order valence-electron chi connectivity index (χ0n) is 12.9. The van der Waals surface area contributed by atoms with E-state index in [1.807, 2.05) is 13.0 Å². The van der Waals surface area contributed by atoms with Gasteiger partial charge in [-0.25, -0.2) is 0 Å². The number of aromatic hydroxyl groups is 2. The summed E-state index contributed by atoms with van der Waals surface area (Å²) in [6, 6.07) is 8.68. The number of hydrogen-bond acceptors (Lipinski definition) is 5. The second-order valence-electron chi connectivity index (χ2n) is 4.92. The van der Waals surface area contributed by atoms with Crippen molar-refractivity contribution in [2.75, 3.05) is 20.8 Å². The maximum absolute atomic E-state index is 9.87. The molecule has 0 aliphatic carbocycles. The number of rotatable bonds is 6. The van der Waals surface area contributed by atoms with Crippen LogP contribution in [0.2, 0.25) is 0 Å². The van der Waals surface area contributed by atoms with Crippen LogP contribution in [0.1, 0.15) is 11.1 Å². The fraction of sp³-hybridized carbons (Fsp3) is 0.294. The molecule has 0 heterocycles. The van der Waals surface area contributed by atoms with Crippen LogP contribution in [-0.2, 0) is 6.42 Å². The van der Waals surface area contributed by atoms with E-state index >= 15 is 0 Å². The molecule has 0 atom stereocenters. The van der Waals surface area contributed by atoms with Crippen molar-refractivity contribution in [3.8, 4) is 28.7 Å². The summed E-state index contributed by atoms with van der Waals surface area (Å²) < 4.78 is 15.8. The van der Waals surface area contributed by atoms with Gasteiger partial charge in [-0.05, 0) is 42.3 Å². The van der Waals surface area contributed by atoms with Gasteiger partial charge in [-0.3, -0.25) is 0 Å². The molecular weight excluding hydrogens is 284 g/mol. The van der Waals surface area contributed by atoms with Gasteiger partial charge in [0.1, 0.15) is 0 Å². The molecule has 0 saturated heterocycles. The van der Waals surface area contributed by atoms with Gasteiger partial charge in [0.05, 0.1) is 20.8 Å². The van der Waals surface area contributed by atoms with E-state index in [1.54, 1.807) is 24.3 Å². The largest absolute Gasteiger partial charge is 0.504 e. The lowest BCUT2D eigenvalue weighted by Crippen LogP contribution is -2.02. The lowest BCUT2D eigenvalue weighted by molar-refractivity contribution is 0.301. The Balaban J connectivity index is 2.07. The fourth-order valence-corrected chi connectivity index (χ4v) is 2.11. The molecule has 5 nitrogen and oxygen atoms in total. The third kappa shape index (κ3) is 3.55. The minimum atomic E-state index is -0.0222. The highest BCUT2D eigenvalue weighted by Crippen LogP contribution is 2.37. The van der Waals surface area contributed by atoms with E-state index in [2.05, 4.69) is 0 Å². The molecule has 5 heteroatoms. The van der Waals surface area contributed by atoms with E-state index < -0.39 is 0 Å². The molecular formula is C17H20O5. The first-order chi connectivity index (χ1) is 10.5. The number of hydrogen-bond donors (Lipinski definition) is 2. The predicted octanol–water partition coefficient (Wildman–Crippen LogP) is 3.04. The van der Waals surface area contributed by atoms with Crippen molar-refractivity contribution in [2.45, 2.75) is 13.3 Å². The average Bonchev–Trinajstić information content (AvgIpc) is 2.52. The van der Waals surface area contributed by atoms with Gasteiger partial charge in [0.2, 0.25) is 5.75 Å². The highest BCUT2D eigenvalue weighted by atomic mass is 16.5. The Morgan fingerprint density at radius 3 is 2.14 bits per heavy atom. The molecule has 0 unspecified atom stereocenters. The highest BCUT2D eigenvalue weighted by molar-refractivity contribution is 5.52. The van der Waals surface area contributed by atoms with Crippen LogP contribution in [0.3, 0.4) is 0 Å². The van der Waals surface area contributed by atoms with Crippen LogP contribution in [0.15, 0.2) is 30.3 Å². The number of benzene rings is 2. The zero-order valence-corrected chi connectivity index (χ0v) is 12.9. The van der Waals surface area contributed by atoms with Crippen LogP contribution in [0.5, 0.6) is 28.7 Å². The molecule has 0 amide bonds. The van der Waals surface area contributed by atoms with Crippen molar-refractivity contribution in [1.82, 2.24) is 0 Å². The Hall–Kier alpha value is -2.56. The molecule has 0 radical (unpaired) electrons. The van der Waals surface area contributed by atoms with Gasteiger partial charge >= 0.3 is 0 Å². The van der Waals surface area contributed by atoms with Crippen molar-refractivity contribution in [3.05, 3.63) is 41.5 Å². The van der Waals surface area contributed by atoms with Crippen LogP contribution in [0.25, 0.3) is 0 Å². The van der Waals surface area contributed by atoms with Crippen molar-refractivity contribution >= 4 is 0 Å². The summed E-state index contributed by atoms with van der Waals surface area (Å²) in [5.41, 5.74) is 1.92. The molecule has 22 heavy (non-hydrogen) atoms. The summed E-state index contributed by atoms with van der Waals surface area (Å²) >= 11 is 0. The Morgan fingerprint density at radius 2 is 1.55 bits per heavy atom. The molecule has 2 rings (SSSR count). The highest BCUT2D eigenvalue weighted by Gasteiger charge is 2.11. The van der Waals surface area contributed by atoms with Crippen molar-refractivity contribution in [3.63, 3.8) is 0 Å². The molecule has 0 fully saturated rings. The number of aryl methyl sites for hydroxylation is 1.